The summed E-state index contributed by atoms with van der Waals surface area (Å²) in [5, 5.41) is 3.41. The Kier molecular flexibility index (Phi) is 6.42. The molecule has 0 bridgehead atoms. The minimum atomic E-state index is -0.208. The highest BCUT2D eigenvalue weighted by Gasteiger charge is 2.17. The monoisotopic (exact) mass is 227 g/mol. The first-order valence-corrected chi connectivity index (χ1v) is 6.43. The predicted octanol–water partition coefficient (Wildman–Crippen LogP) is 0.573. The molecule has 4 nitrogen and oxygen atoms in total. The van der Waals surface area contributed by atoms with Crippen molar-refractivity contribution in [3.63, 3.8) is 0 Å². The Morgan fingerprint density at radius 1 is 1.56 bits per heavy atom. The minimum Gasteiger partial charge on any atom is -0.369 e. The molecule has 4 heteroatoms. The van der Waals surface area contributed by atoms with Crippen molar-refractivity contribution < 1.29 is 4.79 Å². The van der Waals surface area contributed by atoms with Gasteiger partial charge in [0.05, 0.1) is 6.54 Å². The van der Waals surface area contributed by atoms with Crippen molar-refractivity contribution in [2.24, 2.45) is 11.7 Å². The van der Waals surface area contributed by atoms with Gasteiger partial charge in [-0.15, -0.1) is 0 Å². The largest absolute Gasteiger partial charge is 0.369 e. The van der Waals surface area contributed by atoms with Crippen LogP contribution in [0.15, 0.2) is 0 Å². The number of hydrogen-bond acceptors (Lipinski definition) is 3. The zero-order chi connectivity index (χ0) is 11.8. The topological polar surface area (TPSA) is 58.4 Å². The van der Waals surface area contributed by atoms with Gasteiger partial charge < -0.3 is 11.1 Å². The van der Waals surface area contributed by atoms with Gasteiger partial charge in [0.2, 0.25) is 5.91 Å². The first-order valence-electron chi connectivity index (χ1n) is 6.43. The number of primary amides is 1. The Morgan fingerprint density at radius 3 is 2.94 bits per heavy atom. The smallest absolute Gasteiger partial charge is 0.231 e. The molecule has 94 valence electrons. The Bertz CT molecular complexity index is 202. The van der Waals surface area contributed by atoms with Gasteiger partial charge in [-0.05, 0) is 44.8 Å². The highest BCUT2D eigenvalue weighted by molar-refractivity contribution is 5.75. The fourth-order valence-corrected chi connectivity index (χ4v) is 2.28. The molecule has 0 aromatic carbocycles. The molecular weight excluding hydrogens is 202 g/mol. The third kappa shape index (κ3) is 5.47. The number of nitrogens with two attached hydrogens (primary N) is 1. The van der Waals surface area contributed by atoms with E-state index in [1.165, 1.54) is 12.8 Å². The van der Waals surface area contributed by atoms with Crippen molar-refractivity contribution in [1.29, 1.82) is 0 Å². The van der Waals surface area contributed by atoms with Crippen molar-refractivity contribution in [1.82, 2.24) is 10.2 Å². The molecule has 1 rings (SSSR count). The molecule has 0 aromatic rings. The van der Waals surface area contributed by atoms with Crippen LogP contribution in [0.5, 0.6) is 0 Å². The maximum atomic E-state index is 11.0. The Labute approximate surface area is 98.6 Å². The van der Waals surface area contributed by atoms with Crippen LogP contribution in [0.1, 0.15) is 32.6 Å². The zero-order valence-corrected chi connectivity index (χ0v) is 10.4. The lowest BCUT2D eigenvalue weighted by molar-refractivity contribution is -0.119. The van der Waals surface area contributed by atoms with E-state index in [4.69, 9.17) is 5.73 Å². The molecule has 1 heterocycles. The molecule has 1 aliphatic heterocycles. The number of amides is 1. The molecule has 1 aliphatic rings. The van der Waals surface area contributed by atoms with Gasteiger partial charge in [0, 0.05) is 6.54 Å². The van der Waals surface area contributed by atoms with Crippen molar-refractivity contribution in [2.75, 3.05) is 32.7 Å². The summed E-state index contributed by atoms with van der Waals surface area (Å²) in [6, 6.07) is 0. The van der Waals surface area contributed by atoms with Crippen molar-refractivity contribution in [2.45, 2.75) is 32.6 Å². The zero-order valence-electron chi connectivity index (χ0n) is 10.4. The molecule has 0 radical (unpaired) electrons. The lowest BCUT2D eigenvalue weighted by Crippen LogP contribution is -2.42. The summed E-state index contributed by atoms with van der Waals surface area (Å²) in [6.45, 7) is 6.82. The van der Waals surface area contributed by atoms with E-state index in [1.54, 1.807) is 0 Å². The SMILES string of the molecule is CCCCN(CC(N)=O)CC1CCCNC1. The van der Waals surface area contributed by atoms with Crippen LogP contribution in [-0.2, 0) is 4.79 Å². The van der Waals surface area contributed by atoms with Crippen LogP contribution < -0.4 is 11.1 Å². The standard InChI is InChI=1S/C12H25N3O/c1-2-3-7-15(10-12(13)16)9-11-5-4-6-14-8-11/h11,14H,2-10H2,1H3,(H2,13,16). The highest BCUT2D eigenvalue weighted by atomic mass is 16.1. The maximum absolute atomic E-state index is 11.0. The van der Waals surface area contributed by atoms with Crippen molar-refractivity contribution in [3.05, 3.63) is 0 Å². The van der Waals surface area contributed by atoms with E-state index < -0.39 is 0 Å². The summed E-state index contributed by atoms with van der Waals surface area (Å²) >= 11 is 0. The molecular formula is C12H25N3O. The predicted molar refractivity (Wildman–Crippen MR) is 66.1 cm³/mol. The summed E-state index contributed by atoms with van der Waals surface area (Å²) in [4.78, 5) is 13.2. The van der Waals surface area contributed by atoms with E-state index in [-0.39, 0.29) is 5.91 Å². The van der Waals surface area contributed by atoms with Crippen LogP contribution in [0.4, 0.5) is 0 Å². The van der Waals surface area contributed by atoms with E-state index in [2.05, 4.69) is 17.1 Å². The molecule has 1 saturated heterocycles. The van der Waals surface area contributed by atoms with Gasteiger partial charge in [-0.1, -0.05) is 13.3 Å². The molecule has 16 heavy (non-hydrogen) atoms. The number of piperidine rings is 1. The van der Waals surface area contributed by atoms with Crippen LogP contribution in [0.2, 0.25) is 0 Å². The molecule has 0 aromatic heterocycles. The molecule has 0 saturated carbocycles. The first-order chi connectivity index (χ1) is 7.72. The number of unbranched alkanes of at least 4 members (excludes halogenated alkanes) is 1. The molecule has 0 aliphatic carbocycles. The van der Waals surface area contributed by atoms with E-state index in [9.17, 15) is 4.79 Å². The number of nitrogens with zero attached hydrogens (tertiary/aromatic N) is 1. The van der Waals surface area contributed by atoms with Gasteiger partial charge in [-0.2, -0.15) is 0 Å². The van der Waals surface area contributed by atoms with Crippen LogP contribution >= 0.6 is 0 Å². The molecule has 3 N–H and O–H groups in total. The third-order valence-corrected chi connectivity index (χ3v) is 3.12. The number of carbonyl (C=O) groups excluding carboxylic acids is 1. The Morgan fingerprint density at radius 2 is 2.38 bits per heavy atom. The molecule has 1 amide bonds. The molecule has 0 spiro atoms. The van der Waals surface area contributed by atoms with Gasteiger partial charge in [0.25, 0.3) is 0 Å². The minimum absolute atomic E-state index is 0.208. The number of hydrogen-bond donors (Lipinski definition) is 2. The van der Waals surface area contributed by atoms with E-state index >= 15 is 0 Å². The third-order valence-electron chi connectivity index (χ3n) is 3.12. The van der Waals surface area contributed by atoms with E-state index in [0.29, 0.717) is 12.5 Å². The number of nitrogens with one attached hydrogen (secondary N) is 1. The molecule has 1 fully saturated rings. The fourth-order valence-electron chi connectivity index (χ4n) is 2.28. The summed E-state index contributed by atoms with van der Waals surface area (Å²) in [7, 11) is 0. The van der Waals surface area contributed by atoms with Crippen LogP contribution in [0.25, 0.3) is 0 Å². The maximum Gasteiger partial charge on any atom is 0.231 e. The van der Waals surface area contributed by atoms with Crippen LogP contribution in [0, 0.1) is 5.92 Å². The number of carbonyl (C=O) groups is 1. The van der Waals surface area contributed by atoms with Gasteiger partial charge in [0.1, 0.15) is 0 Å². The highest BCUT2D eigenvalue weighted by Crippen LogP contribution is 2.12. The summed E-state index contributed by atoms with van der Waals surface area (Å²) < 4.78 is 0. The molecule has 1 atom stereocenters. The summed E-state index contributed by atoms with van der Waals surface area (Å²) in [5.41, 5.74) is 5.27. The van der Waals surface area contributed by atoms with Crippen LogP contribution in [-0.4, -0.2) is 43.5 Å². The van der Waals surface area contributed by atoms with Crippen molar-refractivity contribution in [3.8, 4) is 0 Å². The normalized spacial score (nSPS) is 21.2. The first kappa shape index (κ1) is 13.5. The second-order valence-electron chi connectivity index (χ2n) is 4.77. The van der Waals surface area contributed by atoms with Gasteiger partial charge >= 0.3 is 0 Å². The Balaban J connectivity index is 2.31. The van der Waals surface area contributed by atoms with E-state index in [1.807, 2.05) is 0 Å². The van der Waals surface area contributed by atoms with Gasteiger partial charge in [0.15, 0.2) is 0 Å². The Hall–Kier alpha value is -0.610. The quantitative estimate of drug-likeness (QED) is 0.668. The fraction of sp³-hybridized carbons (Fsp3) is 0.917. The van der Waals surface area contributed by atoms with Crippen molar-refractivity contribution >= 4 is 5.91 Å². The van der Waals surface area contributed by atoms with Gasteiger partial charge in [-0.3, -0.25) is 9.69 Å². The average Bonchev–Trinajstić information content (AvgIpc) is 2.26. The lowest BCUT2D eigenvalue weighted by Gasteiger charge is -2.29. The second kappa shape index (κ2) is 7.63. The summed E-state index contributed by atoms with van der Waals surface area (Å²) in [5.74, 6) is 0.477. The summed E-state index contributed by atoms with van der Waals surface area (Å²) in [6.07, 6.45) is 4.84. The average molecular weight is 227 g/mol. The van der Waals surface area contributed by atoms with E-state index in [0.717, 1.165) is 39.0 Å². The van der Waals surface area contributed by atoms with Crippen LogP contribution in [0.3, 0.4) is 0 Å². The molecule has 1 unspecified atom stereocenters. The lowest BCUT2D eigenvalue weighted by atomic mass is 9.99. The van der Waals surface area contributed by atoms with Gasteiger partial charge in [-0.25, -0.2) is 0 Å². The second-order valence-corrected chi connectivity index (χ2v) is 4.77. The number of rotatable bonds is 7.